The fourth-order valence-electron chi connectivity index (χ4n) is 3.60. The number of hydrogen-bond donors (Lipinski definition) is 0. The first-order chi connectivity index (χ1) is 12.4. The maximum absolute atomic E-state index is 12.7. The SMILES string of the molecule is Cc1cnccc1N1CCCN(C(=O)CC2C(=O)N(C)C(=O)N2C)CC1. The molecule has 1 aromatic rings. The van der Waals surface area contributed by atoms with Gasteiger partial charge in [0.2, 0.25) is 5.91 Å². The molecule has 2 saturated heterocycles. The average Bonchev–Trinajstić information content (AvgIpc) is 2.84. The van der Waals surface area contributed by atoms with Crippen molar-refractivity contribution in [2.75, 3.05) is 45.2 Å². The van der Waals surface area contributed by atoms with Gasteiger partial charge in [-0.05, 0) is 25.0 Å². The molecule has 140 valence electrons. The molecule has 2 fully saturated rings. The number of anilines is 1. The van der Waals surface area contributed by atoms with Crippen LogP contribution in [0.25, 0.3) is 0 Å². The van der Waals surface area contributed by atoms with Gasteiger partial charge in [-0.1, -0.05) is 0 Å². The summed E-state index contributed by atoms with van der Waals surface area (Å²) in [5.74, 6) is -0.388. The second-order valence-electron chi connectivity index (χ2n) is 6.89. The number of imide groups is 1. The molecule has 0 radical (unpaired) electrons. The van der Waals surface area contributed by atoms with Gasteiger partial charge >= 0.3 is 6.03 Å². The molecule has 26 heavy (non-hydrogen) atoms. The van der Waals surface area contributed by atoms with E-state index in [1.54, 1.807) is 18.1 Å². The van der Waals surface area contributed by atoms with Crippen LogP contribution in [0.4, 0.5) is 10.5 Å². The molecule has 0 saturated carbocycles. The van der Waals surface area contributed by atoms with Gasteiger partial charge in [0.15, 0.2) is 0 Å². The van der Waals surface area contributed by atoms with Crippen molar-refractivity contribution in [2.24, 2.45) is 0 Å². The van der Waals surface area contributed by atoms with Gasteiger partial charge in [0, 0.05) is 58.4 Å². The van der Waals surface area contributed by atoms with Crippen molar-refractivity contribution in [1.82, 2.24) is 19.7 Å². The number of urea groups is 1. The van der Waals surface area contributed by atoms with Crippen molar-refractivity contribution in [3.05, 3.63) is 24.0 Å². The first kappa shape index (κ1) is 18.2. The van der Waals surface area contributed by atoms with Crippen LogP contribution in [0.5, 0.6) is 0 Å². The lowest BCUT2D eigenvalue weighted by molar-refractivity contribution is -0.136. The molecule has 8 heteroatoms. The van der Waals surface area contributed by atoms with Gasteiger partial charge < -0.3 is 14.7 Å². The van der Waals surface area contributed by atoms with Crippen LogP contribution in [0, 0.1) is 6.92 Å². The largest absolute Gasteiger partial charge is 0.369 e. The van der Waals surface area contributed by atoms with Crippen molar-refractivity contribution in [3.8, 4) is 0 Å². The zero-order valence-corrected chi connectivity index (χ0v) is 15.5. The number of hydrogen-bond acceptors (Lipinski definition) is 5. The lowest BCUT2D eigenvalue weighted by atomic mass is 10.1. The third-order valence-electron chi connectivity index (χ3n) is 5.22. The molecular formula is C18H25N5O3. The Balaban J connectivity index is 1.62. The van der Waals surface area contributed by atoms with Gasteiger partial charge in [-0.25, -0.2) is 4.79 Å². The minimum atomic E-state index is -0.693. The summed E-state index contributed by atoms with van der Waals surface area (Å²) in [6.07, 6.45) is 4.53. The Labute approximate surface area is 153 Å². The highest BCUT2D eigenvalue weighted by molar-refractivity contribution is 6.05. The summed E-state index contributed by atoms with van der Waals surface area (Å²) in [6.45, 7) is 4.91. The van der Waals surface area contributed by atoms with Gasteiger partial charge in [-0.3, -0.25) is 19.5 Å². The van der Waals surface area contributed by atoms with E-state index in [1.165, 1.54) is 11.9 Å². The van der Waals surface area contributed by atoms with Crippen LogP contribution in [0.2, 0.25) is 0 Å². The van der Waals surface area contributed by atoms with E-state index < -0.39 is 6.04 Å². The van der Waals surface area contributed by atoms with Crippen molar-refractivity contribution in [1.29, 1.82) is 0 Å². The van der Waals surface area contributed by atoms with Crippen molar-refractivity contribution >= 4 is 23.5 Å². The zero-order valence-electron chi connectivity index (χ0n) is 15.5. The summed E-state index contributed by atoms with van der Waals surface area (Å²) in [4.78, 5) is 47.4. The summed E-state index contributed by atoms with van der Waals surface area (Å²) in [5.41, 5.74) is 2.26. The van der Waals surface area contributed by atoms with Gasteiger partial charge in [-0.15, -0.1) is 0 Å². The molecule has 0 bridgehead atoms. The lowest BCUT2D eigenvalue weighted by Crippen LogP contribution is -2.41. The fourth-order valence-corrected chi connectivity index (χ4v) is 3.60. The molecule has 0 spiro atoms. The molecule has 2 aliphatic heterocycles. The maximum Gasteiger partial charge on any atom is 0.326 e. The van der Waals surface area contributed by atoms with Gasteiger partial charge in [0.05, 0.1) is 6.42 Å². The molecule has 2 aliphatic rings. The Bertz CT molecular complexity index is 723. The normalized spacial score (nSPS) is 21.4. The van der Waals surface area contributed by atoms with E-state index in [-0.39, 0.29) is 24.3 Å². The molecule has 0 aliphatic carbocycles. The average molecular weight is 359 g/mol. The van der Waals surface area contributed by atoms with E-state index >= 15 is 0 Å². The summed E-state index contributed by atoms with van der Waals surface area (Å²) >= 11 is 0. The van der Waals surface area contributed by atoms with Crippen LogP contribution >= 0.6 is 0 Å². The summed E-state index contributed by atoms with van der Waals surface area (Å²) in [7, 11) is 3.02. The molecule has 0 N–H and O–H groups in total. The molecule has 1 atom stereocenters. The Morgan fingerprint density at radius 2 is 1.96 bits per heavy atom. The van der Waals surface area contributed by atoms with Crippen LogP contribution < -0.4 is 4.90 Å². The Kier molecular flexibility index (Phi) is 5.11. The fraction of sp³-hybridized carbons (Fsp3) is 0.556. The Morgan fingerprint density at radius 1 is 1.19 bits per heavy atom. The molecule has 8 nitrogen and oxygen atoms in total. The number of aromatic nitrogens is 1. The predicted molar refractivity (Wildman–Crippen MR) is 96.7 cm³/mol. The van der Waals surface area contributed by atoms with E-state index in [9.17, 15) is 14.4 Å². The lowest BCUT2D eigenvalue weighted by Gasteiger charge is -2.25. The zero-order chi connectivity index (χ0) is 18.8. The molecule has 4 amide bonds. The molecule has 3 heterocycles. The van der Waals surface area contributed by atoms with Gasteiger partial charge in [0.25, 0.3) is 5.91 Å². The van der Waals surface area contributed by atoms with E-state index in [0.29, 0.717) is 13.1 Å². The molecule has 1 unspecified atom stereocenters. The van der Waals surface area contributed by atoms with Crippen LogP contribution in [0.3, 0.4) is 0 Å². The van der Waals surface area contributed by atoms with E-state index in [0.717, 1.165) is 35.7 Å². The number of carbonyl (C=O) groups excluding carboxylic acids is 3. The first-order valence-electron chi connectivity index (χ1n) is 8.88. The first-order valence-corrected chi connectivity index (χ1v) is 8.88. The third kappa shape index (κ3) is 3.36. The Morgan fingerprint density at radius 3 is 2.62 bits per heavy atom. The number of carbonyl (C=O) groups is 3. The number of pyridine rings is 1. The van der Waals surface area contributed by atoms with Crippen molar-refractivity contribution in [2.45, 2.75) is 25.8 Å². The molecule has 1 aromatic heterocycles. The highest BCUT2D eigenvalue weighted by Crippen LogP contribution is 2.21. The maximum atomic E-state index is 12.7. The smallest absolute Gasteiger partial charge is 0.326 e. The standard InChI is InChI=1S/C18H25N5O3/c1-13-12-19-6-5-14(13)22-7-4-8-23(10-9-22)16(24)11-15-17(25)21(3)18(26)20(15)2/h5-6,12,15H,4,7-11H2,1-3H3. The Hall–Kier alpha value is -2.64. The quantitative estimate of drug-likeness (QED) is 0.743. The summed E-state index contributed by atoms with van der Waals surface area (Å²) < 4.78 is 0. The van der Waals surface area contributed by atoms with Crippen LogP contribution in [-0.2, 0) is 9.59 Å². The van der Waals surface area contributed by atoms with E-state index in [4.69, 9.17) is 0 Å². The minimum Gasteiger partial charge on any atom is -0.369 e. The highest BCUT2D eigenvalue weighted by Gasteiger charge is 2.42. The summed E-state index contributed by atoms with van der Waals surface area (Å²) in [6, 6.07) is 0.949. The molecule has 3 rings (SSSR count). The molecular weight excluding hydrogens is 334 g/mol. The second kappa shape index (κ2) is 7.31. The molecule has 0 aromatic carbocycles. The van der Waals surface area contributed by atoms with E-state index in [1.807, 2.05) is 19.2 Å². The van der Waals surface area contributed by atoms with Crippen LogP contribution in [0.15, 0.2) is 18.5 Å². The number of amides is 4. The number of rotatable bonds is 3. The monoisotopic (exact) mass is 359 g/mol. The number of aryl methyl sites for hydroxylation is 1. The van der Waals surface area contributed by atoms with Crippen molar-refractivity contribution < 1.29 is 14.4 Å². The van der Waals surface area contributed by atoms with Gasteiger partial charge in [-0.2, -0.15) is 0 Å². The van der Waals surface area contributed by atoms with Crippen molar-refractivity contribution in [3.63, 3.8) is 0 Å². The topological polar surface area (TPSA) is 77.1 Å². The number of nitrogens with zero attached hydrogens (tertiary/aromatic N) is 5. The van der Waals surface area contributed by atoms with E-state index in [2.05, 4.69) is 9.88 Å². The predicted octanol–water partition coefficient (Wildman–Crippen LogP) is 0.711. The number of likely N-dealkylation sites (N-methyl/N-ethyl adjacent to an activating group) is 2. The highest BCUT2D eigenvalue weighted by atomic mass is 16.2. The third-order valence-corrected chi connectivity index (χ3v) is 5.22. The van der Waals surface area contributed by atoms with Gasteiger partial charge in [0.1, 0.15) is 6.04 Å². The second-order valence-corrected chi connectivity index (χ2v) is 6.89. The van der Waals surface area contributed by atoms with Crippen LogP contribution in [0.1, 0.15) is 18.4 Å². The van der Waals surface area contributed by atoms with Crippen LogP contribution in [-0.4, -0.2) is 83.8 Å². The minimum absolute atomic E-state index is 0.0414. The summed E-state index contributed by atoms with van der Waals surface area (Å²) in [5, 5.41) is 0.